The molecule has 202 valence electrons. The zero-order valence-electron chi connectivity index (χ0n) is 20.2. The highest BCUT2D eigenvalue weighted by atomic mass is 32.2. The van der Waals surface area contributed by atoms with Crippen molar-refractivity contribution in [1.29, 1.82) is 0 Å². The first-order chi connectivity index (χ1) is 17.7. The quantitative estimate of drug-likeness (QED) is 0.411. The van der Waals surface area contributed by atoms with Crippen LogP contribution in [0.4, 0.5) is 13.2 Å². The van der Waals surface area contributed by atoms with Crippen molar-refractivity contribution < 1.29 is 40.7 Å². The lowest BCUT2D eigenvalue weighted by Gasteiger charge is -2.16. The van der Waals surface area contributed by atoms with Crippen molar-refractivity contribution in [3.63, 3.8) is 0 Å². The zero-order valence-corrected chi connectivity index (χ0v) is 21.0. The summed E-state index contributed by atoms with van der Waals surface area (Å²) in [5.74, 6) is -1.40. The molecule has 16 heteroatoms. The number of halogens is 3. The molecule has 12 nitrogen and oxygen atoms in total. The molecule has 1 amide bonds. The van der Waals surface area contributed by atoms with Crippen molar-refractivity contribution in [3.8, 4) is 11.6 Å². The molecular formula is C22H21F3N6O6S. The second-order valence-electron chi connectivity index (χ2n) is 8.47. The summed E-state index contributed by atoms with van der Waals surface area (Å²) in [5, 5.41) is 7.04. The van der Waals surface area contributed by atoms with Gasteiger partial charge in [0.1, 0.15) is 5.75 Å². The number of hydrogen-bond donors (Lipinski definition) is 1. The fourth-order valence-corrected chi connectivity index (χ4v) is 4.07. The number of methoxy groups -OCH3 is 1. The Morgan fingerprint density at radius 3 is 2.42 bits per heavy atom. The number of nitrogens with one attached hydrogen (secondary N) is 1. The summed E-state index contributed by atoms with van der Waals surface area (Å²) in [6, 6.07) is 1.54. The van der Waals surface area contributed by atoms with Crippen LogP contribution in [0.3, 0.4) is 0 Å². The van der Waals surface area contributed by atoms with Gasteiger partial charge in [-0.2, -0.15) is 4.68 Å². The van der Waals surface area contributed by atoms with Crippen molar-refractivity contribution in [2.75, 3.05) is 13.4 Å². The monoisotopic (exact) mass is 554 g/mol. The number of benzene rings is 1. The number of ether oxygens (including phenoxy) is 2. The van der Waals surface area contributed by atoms with Crippen molar-refractivity contribution in [1.82, 2.24) is 30.0 Å². The zero-order chi connectivity index (χ0) is 27.8. The summed E-state index contributed by atoms with van der Waals surface area (Å²) in [5.41, 5.74) is -0.418. The van der Waals surface area contributed by atoms with Gasteiger partial charge in [0.05, 0.1) is 30.4 Å². The molecular weight excluding hydrogens is 533 g/mol. The van der Waals surface area contributed by atoms with Crippen molar-refractivity contribution in [2.24, 2.45) is 0 Å². The molecule has 1 aliphatic carbocycles. The van der Waals surface area contributed by atoms with E-state index in [-0.39, 0.29) is 28.8 Å². The predicted molar refractivity (Wildman–Crippen MR) is 122 cm³/mol. The molecule has 0 unspecified atom stereocenters. The summed E-state index contributed by atoms with van der Waals surface area (Å²) in [6.45, 7) is 1.55. The molecule has 1 N–H and O–H groups in total. The fraction of sp³-hybridized carbons (Fsp3) is 0.364. The Kier molecular flexibility index (Phi) is 7.10. The van der Waals surface area contributed by atoms with Gasteiger partial charge in [-0.25, -0.2) is 28.2 Å². The van der Waals surface area contributed by atoms with Gasteiger partial charge in [0.15, 0.2) is 33.0 Å². The highest BCUT2D eigenvalue weighted by Gasteiger charge is 2.33. The number of nitrogens with zero attached hydrogens (tertiary/aromatic N) is 5. The van der Waals surface area contributed by atoms with Gasteiger partial charge in [0.25, 0.3) is 5.91 Å². The summed E-state index contributed by atoms with van der Waals surface area (Å²) in [7, 11) is -2.78. The van der Waals surface area contributed by atoms with Gasteiger partial charge in [-0.15, -0.1) is 18.3 Å². The number of hydrogen-bond acceptors (Lipinski definition) is 10. The number of aromatic nitrogens is 5. The van der Waals surface area contributed by atoms with Gasteiger partial charge in [0.2, 0.25) is 0 Å². The maximum Gasteiger partial charge on any atom is 0.573 e. The van der Waals surface area contributed by atoms with Crippen LogP contribution in [0.25, 0.3) is 5.82 Å². The molecule has 38 heavy (non-hydrogen) atoms. The van der Waals surface area contributed by atoms with Gasteiger partial charge in [-0.1, -0.05) is 0 Å². The molecule has 0 spiro atoms. The minimum atomic E-state index is -5.10. The maximum atomic E-state index is 13.0. The fourth-order valence-electron chi connectivity index (χ4n) is 3.40. The Hall–Kier alpha value is -4.08. The van der Waals surface area contributed by atoms with Crippen LogP contribution in [0.2, 0.25) is 0 Å². The highest BCUT2D eigenvalue weighted by Crippen LogP contribution is 2.38. The standard InChI is InChI=1S/C22H21F3N6O6S/c1-11(28-20(32)13-6-14(37-22(23,24)25)8-15(7-13)38(3,34)35)19-29-18(12-4-5-12)30-31(19)17-10-26-16(9-27-17)21(33)36-2/h6-12H,4-5H2,1-3H3,(H,28,32)/t11-/m0/s1. The smallest absolute Gasteiger partial charge is 0.464 e. The number of carbonyl (C=O) groups excluding carboxylic acids is 2. The molecule has 1 aliphatic rings. The van der Waals surface area contributed by atoms with E-state index in [4.69, 9.17) is 0 Å². The second kappa shape index (κ2) is 10.00. The van der Waals surface area contributed by atoms with Gasteiger partial charge >= 0.3 is 12.3 Å². The number of alkyl halides is 3. The van der Waals surface area contributed by atoms with Gasteiger partial charge < -0.3 is 14.8 Å². The number of rotatable bonds is 8. The minimum absolute atomic E-state index is 0.0377. The van der Waals surface area contributed by atoms with E-state index in [1.165, 1.54) is 24.2 Å². The first-order valence-electron chi connectivity index (χ1n) is 11.0. The first kappa shape index (κ1) is 27.0. The first-order valence-corrected chi connectivity index (χ1v) is 12.9. The van der Waals surface area contributed by atoms with Crippen molar-refractivity contribution in [2.45, 2.75) is 43.0 Å². The van der Waals surface area contributed by atoms with E-state index in [0.29, 0.717) is 11.9 Å². The lowest BCUT2D eigenvalue weighted by atomic mass is 10.2. The Labute approximate surface area is 214 Å². The molecule has 0 aliphatic heterocycles. The molecule has 3 aromatic rings. The molecule has 2 heterocycles. The van der Waals surface area contributed by atoms with Gasteiger partial charge in [-0.05, 0) is 38.0 Å². The average molecular weight is 555 g/mol. The summed E-state index contributed by atoms with van der Waals surface area (Å²) in [4.78, 5) is 36.8. The predicted octanol–water partition coefficient (Wildman–Crippen LogP) is 2.51. The van der Waals surface area contributed by atoms with Gasteiger partial charge in [0, 0.05) is 17.7 Å². The SMILES string of the molecule is COC(=O)c1cnc(-n2nc(C3CC3)nc2[C@H](C)NC(=O)c2cc(OC(F)(F)F)cc(S(C)(=O)=O)c2)cn1. The Morgan fingerprint density at radius 1 is 1.16 bits per heavy atom. The molecule has 4 rings (SSSR count). The van der Waals surface area contributed by atoms with Crippen LogP contribution in [0.1, 0.15) is 64.2 Å². The Bertz CT molecular complexity index is 1490. The van der Waals surface area contributed by atoms with E-state index in [9.17, 15) is 31.2 Å². The van der Waals surface area contributed by atoms with Crippen molar-refractivity contribution in [3.05, 3.63) is 53.5 Å². The van der Waals surface area contributed by atoms with Crippen LogP contribution >= 0.6 is 0 Å². The van der Waals surface area contributed by atoms with E-state index in [2.05, 4.69) is 34.8 Å². The highest BCUT2D eigenvalue weighted by molar-refractivity contribution is 7.90. The van der Waals surface area contributed by atoms with E-state index in [0.717, 1.165) is 31.2 Å². The Morgan fingerprint density at radius 2 is 1.87 bits per heavy atom. The largest absolute Gasteiger partial charge is 0.573 e. The molecule has 1 aromatic carbocycles. The van der Waals surface area contributed by atoms with Crippen LogP contribution in [-0.2, 0) is 14.6 Å². The van der Waals surface area contributed by atoms with Crippen LogP contribution in [0, 0.1) is 0 Å². The number of amides is 1. The normalized spacial score (nSPS) is 14.6. The average Bonchev–Trinajstić information content (AvgIpc) is 3.59. The number of carbonyl (C=O) groups is 2. The summed E-state index contributed by atoms with van der Waals surface area (Å²) in [6.07, 6.45) is -0.109. The van der Waals surface area contributed by atoms with Crippen LogP contribution in [0.5, 0.6) is 5.75 Å². The van der Waals surface area contributed by atoms with Crippen LogP contribution in [-0.4, -0.2) is 64.8 Å². The Balaban J connectivity index is 1.65. The third-order valence-corrected chi connectivity index (χ3v) is 6.47. The van der Waals surface area contributed by atoms with Gasteiger partial charge in [-0.3, -0.25) is 4.79 Å². The lowest BCUT2D eigenvalue weighted by Crippen LogP contribution is -2.29. The lowest BCUT2D eigenvalue weighted by molar-refractivity contribution is -0.274. The second-order valence-corrected chi connectivity index (χ2v) is 10.5. The number of sulfone groups is 1. The molecule has 0 radical (unpaired) electrons. The van der Waals surface area contributed by atoms with Crippen LogP contribution < -0.4 is 10.1 Å². The van der Waals surface area contributed by atoms with E-state index < -0.39 is 44.8 Å². The molecule has 1 atom stereocenters. The molecule has 0 bridgehead atoms. The van der Waals surface area contributed by atoms with E-state index in [1.807, 2.05) is 0 Å². The molecule has 2 aromatic heterocycles. The summed E-state index contributed by atoms with van der Waals surface area (Å²) >= 11 is 0. The van der Waals surface area contributed by atoms with E-state index >= 15 is 0 Å². The van der Waals surface area contributed by atoms with E-state index in [1.54, 1.807) is 6.92 Å². The maximum absolute atomic E-state index is 13.0. The number of esters is 1. The van der Waals surface area contributed by atoms with Crippen molar-refractivity contribution >= 4 is 21.7 Å². The van der Waals surface area contributed by atoms with Crippen LogP contribution in [0.15, 0.2) is 35.5 Å². The molecule has 1 fully saturated rings. The third-order valence-electron chi connectivity index (χ3n) is 5.38. The topological polar surface area (TPSA) is 155 Å². The molecule has 1 saturated carbocycles. The third kappa shape index (κ3) is 6.24. The minimum Gasteiger partial charge on any atom is -0.464 e. The molecule has 0 saturated heterocycles. The summed E-state index contributed by atoms with van der Waals surface area (Å²) < 4.78 is 72.1.